The first-order valence-electron chi connectivity index (χ1n) is 9.45. The molecule has 1 saturated heterocycles. The van der Waals surface area contributed by atoms with E-state index >= 15 is 0 Å². The summed E-state index contributed by atoms with van der Waals surface area (Å²) in [6.45, 7) is 7.29. The average molecular weight is 393 g/mol. The summed E-state index contributed by atoms with van der Waals surface area (Å²) in [6, 6.07) is 6.16. The van der Waals surface area contributed by atoms with E-state index in [0.717, 1.165) is 19.5 Å². The quantitative estimate of drug-likeness (QED) is 0.837. The number of carbonyl (C=O) groups excluding carboxylic acids is 1. The topological polar surface area (TPSA) is 82.1 Å². The van der Waals surface area contributed by atoms with Crippen LogP contribution in [0.1, 0.15) is 32.3 Å². The van der Waals surface area contributed by atoms with E-state index < -0.39 is 16.1 Å². The van der Waals surface area contributed by atoms with Gasteiger partial charge in [-0.15, -0.1) is 0 Å². The molecule has 0 spiro atoms. The average Bonchev–Trinajstić information content (AvgIpc) is 2.74. The van der Waals surface area contributed by atoms with E-state index in [0.29, 0.717) is 25.1 Å². The lowest BCUT2D eigenvalue weighted by molar-refractivity contribution is -0.132. The van der Waals surface area contributed by atoms with Gasteiger partial charge in [-0.2, -0.15) is 0 Å². The van der Waals surface area contributed by atoms with Crippen LogP contribution in [0.4, 0.5) is 0 Å². The second-order valence-electron chi connectivity index (χ2n) is 7.71. The first-order valence-corrected chi connectivity index (χ1v) is 10.9. The van der Waals surface area contributed by atoms with Crippen LogP contribution in [0.15, 0.2) is 34.2 Å². The van der Waals surface area contributed by atoms with Gasteiger partial charge in [-0.3, -0.25) is 14.5 Å². The fraction of sp³-hybridized carbons (Fsp3) is 0.579. The van der Waals surface area contributed by atoms with Gasteiger partial charge in [0.05, 0.1) is 4.90 Å². The van der Waals surface area contributed by atoms with Crippen LogP contribution in [0, 0.1) is 5.92 Å². The predicted octanol–water partition coefficient (Wildman–Crippen LogP) is 1.30. The molecular formula is C19H28N4O3S. The van der Waals surface area contributed by atoms with Crippen molar-refractivity contribution < 1.29 is 13.2 Å². The molecule has 27 heavy (non-hydrogen) atoms. The highest BCUT2D eigenvalue weighted by Gasteiger charge is 2.33. The number of amidine groups is 1. The molecule has 1 aromatic rings. The van der Waals surface area contributed by atoms with Crippen molar-refractivity contribution in [3.8, 4) is 0 Å². The van der Waals surface area contributed by atoms with Crippen LogP contribution in [-0.4, -0.2) is 69.2 Å². The van der Waals surface area contributed by atoms with Gasteiger partial charge in [-0.25, -0.2) is 8.42 Å². The lowest BCUT2D eigenvalue weighted by Gasteiger charge is -2.25. The number of likely N-dealkylation sites (N-methyl/N-ethyl adjacent to an activating group) is 1. The second-order valence-corrected chi connectivity index (χ2v) is 9.36. The molecule has 1 fully saturated rings. The van der Waals surface area contributed by atoms with Crippen LogP contribution in [0.2, 0.25) is 0 Å². The maximum atomic E-state index is 13.2. The van der Waals surface area contributed by atoms with Gasteiger partial charge in [0.25, 0.3) is 10.0 Å². The number of sulfonamides is 1. The third kappa shape index (κ3) is 4.50. The molecule has 148 valence electrons. The van der Waals surface area contributed by atoms with Gasteiger partial charge in [0, 0.05) is 25.2 Å². The van der Waals surface area contributed by atoms with Crippen molar-refractivity contribution >= 4 is 21.8 Å². The second kappa shape index (κ2) is 7.98. The van der Waals surface area contributed by atoms with Crippen LogP contribution in [-0.2, 0) is 14.8 Å². The monoisotopic (exact) mass is 392 g/mol. The Morgan fingerprint density at radius 3 is 2.67 bits per heavy atom. The van der Waals surface area contributed by atoms with Gasteiger partial charge in [0.2, 0.25) is 5.91 Å². The summed E-state index contributed by atoms with van der Waals surface area (Å²) in [5, 5.41) is 0. The molecule has 1 N–H and O–H groups in total. The Morgan fingerprint density at radius 1 is 1.19 bits per heavy atom. The number of hydrogen-bond acceptors (Lipinski definition) is 5. The third-order valence-electron chi connectivity index (χ3n) is 4.96. The largest absolute Gasteiger partial charge is 0.340 e. The molecule has 1 amide bonds. The van der Waals surface area contributed by atoms with E-state index in [2.05, 4.69) is 21.7 Å². The Kier molecular flexibility index (Phi) is 5.86. The van der Waals surface area contributed by atoms with Crippen molar-refractivity contribution in [2.24, 2.45) is 10.9 Å². The molecule has 1 atom stereocenters. The molecule has 8 heteroatoms. The molecule has 0 radical (unpaired) electrons. The normalized spacial score (nSPS) is 22.4. The highest BCUT2D eigenvalue weighted by molar-refractivity contribution is 7.90. The fourth-order valence-corrected chi connectivity index (χ4v) is 4.76. The smallest absolute Gasteiger partial charge is 0.263 e. The fourth-order valence-electron chi connectivity index (χ4n) is 3.52. The van der Waals surface area contributed by atoms with E-state index in [9.17, 15) is 13.2 Å². The van der Waals surface area contributed by atoms with E-state index in [1.807, 2.05) is 18.7 Å². The van der Waals surface area contributed by atoms with Crippen LogP contribution in [0.3, 0.4) is 0 Å². The highest BCUT2D eigenvalue weighted by Crippen LogP contribution is 2.24. The summed E-state index contributed by atoms with van der Waals surface area (Å²) in [4.78, 5) is 22.1. The minimum absolute atomic E-state index is 0.0184. The zero-order valence-electron chi connectivity index (χ0n) is 16.2. The summed E-state index contributed by atoms with van der Waals surface area (Å²) >= 11 is 0. The Morgan fingerprint density at radius 2 is 1.93 bits per heavy atom. The summed E-state index contributed by atoms with van der Waals surface area (Å²) in [7, 11) is -1.55. The Hall–Kier alpha value is -1.93. The van der Waals surface area contributed by atoms with E-state index in [4.69, 9.17) is 0 Å². The van der Waals surface area contributed by atoms with Gasteiger partial charge in [0.1, 0.15) is 11.9 Å². The summed E-state index contributed by atoms with van der Waals surface area (Å²) in [5.41, 5.74) is 0.537. The van der Waals surface area contributed by atoms with Gasteiger partial charge < -0.3 is 9.80 Å². The third-order valence-corrected chi connectivity index (χ3v) is 6.36. The van der Waals surface area contributed by atoms with Crippen LogP contribution < -0.4 is 4.72 Å². The van der Waals surface area contributed by atoms with Crippen LogP contribution in [0.5, 0.6) is 0 Å². The Bertz CT molecular complexity index is 835. The molecule has 2 aliphatic rings. The molecule has 2 aliphatic heterocycles. The molecule has 0 aliphatic carbocycles. The molecule has 0 bridgehead atoms. The predicted molar refractivity (Wildman–Crippen MR) is 105 cm³/mol. The molecule has 7 nitrogen and oxygen atoms in total. The number of hydrogen-bond donors (Lipinski definition) is 1. The molecule has 1 unspecified atom stereocenters. The van der Waals surface area contributed by atoms with Crippen LogP contribution in [0.25, 0.3) is 0 Å². The van der Waals surface area contributed by atoms with Gasteiger partial charge in [0.15, 0.2) is 0 Å². The van der Waals surface area contributed by atoms with Crippen LogP contribution >= 0.6 is 0 Å². The molecule has 1 aromatic carbocycles. The first kappa shape index (κ1) is 19.8. The minimum Gasteiger partial charge on any atom is -0.340 e. The zero-order valence-corrected chi connectivity index (χ0v) is 17.0. The van der Waals surface area contributed by atoms with Crippen molar-refractivity contribution in [1.29, 1.82) is 0 Å². The van der Waals surface area contributed by atoms with E-state index in [1.54, 1.807) is 24.3 Å². The number of amides is 1. The maximum Gasteiger partial charge on any atom is 0.263 e. The molecule has 0 saturated carbocycles. The first-order chi connectivity index (χ1) is 12.8. The number of fused-ring (bicyclic) bond motifs is 1. The summed E-state index contributed by atoms with van der Waals surface area (Å²) in [5.74, 6) is 0.526. The van der Waals surface area contributed by atoms with Gasteiger partial charge in [-0.1, -0.05) is 26.0 Å². The van der Waals surface area contributed by atoms with Crippen molar-refractivity contribution in [1.82, 2.24) is 14.5 Å². The Labute approximate surface area is 161 Å². The minimum atomic E-state index is -3.60. The van der Waals surface area contributed by atoms with Gasteiger partial charge >= 0.3 is 0 Å². The standard InChI is InChI=1S/C19H28N4O3S/c1-14(2)13-16(19(24)23-10-6-9-22(3)11-12-23)20-18-15-7-4-5-8-17(15)27(25,26)21-18/h4-5,7-8,14,16H,6,9-13H2,1-3H3,(H,20,21). The molecule has 2 heterocycles. The number of nitrogens with one attached hydrogen (secondary N) is 1. The number of benzene rings is 1. The van der Waals surface area contributed by atoms with Gasteiger partial charge in [-0.05, 0) is 44.5 Å². The Balaban J connectivity index is 1.90. The van der Waals surface area contributed by atoms with Crippen molar-refractivity contribution in [2.75, 3.05) is 33.2 Å². The number of aliphatic imine (C=N–C) groups is 1. The summed E-state index contributed by atoms with van der Waals surface area (Å²) in [6.07, 6.45) is 1.52. The summed E-state index contributed by atoms with van der Waals surface area (Å²) < 4.78 is 27.2. The lowest BCUT2D eigenvalue weighted by Crippen LogP contribution is -2.42. The van der Waals surface area contributed by atoms with E-state index in [1.165, 1.54) is 0 Å². The number of nitrogens with zero attached hydrogens (tertiary/aromatic N) is 3. The van der Waals surface area contributed by atoms with Crippen molar-refractivity contribution in [3.05, 3.63) is 29.8 Å². The van der Waals surface area contributed by atoms with Crippen molar-refractivity contribution in [3.63, 3.8) is 0 Å². The molecule has 3 rings (SSSR count). The maximum absolute atomic E-state index is 13.2. The molecule has 0 aromatic heterocycles. The lowest BCUT2D eigenvalue weighted by atomic mass is 10.0. The SMILES string of the molecule is CC(C)CC(N=C1NS(=O)(=O)c2ccccc21)C(=O)N1CCCN(C)CC1. The molecular weight excluding hydrogens is 364 g/mol. The number of rotatable bonds is 4. The van der Waals surface area contributed by atoms with Crippen molar-refractivity contribution in [2.45, 2.75) is 37.6 Å². The van der Waals surface area contributed by atoms with E-state index in [-0.39, 0.29) is 22.6 Å². The zero-order chi connectivity index (χ0) is 19.6. The highest BCUT2D eigenvalue weighted by atomic mass is 32.2. The number of carbonyl (C=O) groups is 1.